The number of thiophene rings is 1. The average molecular weight is 336 g/mol. The van der Waals surface area contributed by atoms with E-state index < -0.39 is 23.1 Å². The van der Waals surface area contributed by atoms with Crippen LogP contribution in [0.5, 0.6) is 0 Å². The second-order valence-electron chi connectivity index (χ2n) is 4.50. The van der Waals surface area contributed by atoms with Gasteiger partial charge in [0.1, 0.15) is 17.2 Å². The van der Waals surface area contributed by atoms with Crippen molar-refractivity contribution >= 4 is 33.7 Å². The van der Waals surface area contributed by atoms with Gasteiger partial charge in [0, 0.05) is 5.56 Å². The van der Waals surface area contributed by atoms with E-state index in [0.29, 0.717) is 5.13 Å². The zero-order valence-corrected chi connectivity index (χ0v) is 13.0. The first-order valence-corrected chi connectivity index (χ1v) is 8.07. The molecule has 0 atom stereocenters. The number of anilines is 1. The van der Waals surface area contributed by atoms with Gasteiger partial charge >= 0.3 is 0 Å². The van der Waals surface area contributed by atoms with Crippen LogP contribution in [0.1, 0.15) is 16.1 Å². The molecule has 0 aliphatic rings. The largest absolute Gasteiger partial charge is 0.298 e. The van der Waals surface area contributed by atoms with Gasteiger partial charge in [-0.2, -0.15) is 11.3 Å². The highest BCUT2D eigenvalue weighted by Gasteiger charge is 2.19. The van der Waals surface area contributed by atoms with Gasteiger partial charge in [-0.25, -0.2) is 13.8 Å². The van der Waals surface area contributed by atoms with Crippen molar-refractivity contribution < 1.29 is 13.6 Å². The minimum atomic E-state index is -0.899. The Balaban J connectivity index is 1.88. The molecule has 3 rings (SSSR count). The van der Waals surface area contributed by atoms with Crippen molar-refractivity contribution in [2.75, 3.05) is 5.32 Å². The van der Waals surface area contributed by atoms with E-state index in [0.717, 1.165) is 28.3 Å². The monoisotopic (exact) mass is 336 g/mol. The van der Waals surface area contributed by atoms with Gasteiger partial charge in [-0.05, 0) is 35.9 Å². The highest BCUT2D eigenvalue weighted by Crippen LogP contribution is 2.34. The molecule has 0 aliphatic carbocycles. The van der Waals surface area contributed by atoms with Crippen molar-refractivity contribution in [3.8, 4) is 10.4 Å². The molecule has 0 aliphatic heterocycles. The second kappa shape index (κ2) is 5.94. The number of thiazole rings is 1. The maximum atomic E-state index is 13.6. The number of aromatic nitrogens is 1. The van der Waals surface area contributed by atoms with Crippen molar-refractivity contribution in [3.05, 3.63) is 57.9 Å². The molecule has 0 fully saturated rings. The summed E-state index contributed by atoms with van der Waals surface area (Å²) in [6.45, 7) is 1.82. The van der Waals surface area contributed by atoms with Gasteiger partial charge in [0.05, 0.1) is 10.6 Å². The van der Waals surface area contributed by atoms with Crippen LogP contribution in [0.25, 0.3) is 10.4 Å². The van der Waals surface area contributed by atoms with Gasteiger partial charge in [0.25, 0.3) is 5.91 Å². The molecule has 0 radical (unpaired) electrons. The Bertz CT molecular complexity index is 808. The first-order chi connectivity index (χ1) is 10.6. The molecule has 2 aromatic heterocycles. The number of hydrogen-bond donors (Lipinski definition) is 1. The number of nitrogens with zero attached hydrogens (tertiary/aromatic N) is 1. The highest BCUT2D eigenvalue weighted by molar-refractivity contribution is 7.19. The fourth-order valence-corrected chi connectivity index (χ4v) is 3.66. The van der Waals surface area contributed by atoms with E-state index in [1.54, 1.807) is 11.3 Å². The van der Waals surface area contributed by atoms with Crippen LogP contribution in [0.4, 0.5) is 13.9 Å². The molecule has 0 unspecified atom stereocenters. The normalized spacial score (nSPS) is 10.7. The predicted octanol–water partition coefficient (Wildman–Crippen LogP) is 4.71. The lowest BCUT2D eigenvalue weighted by molar-refractivity contribution is 0.101. The Hall–Kier alpha value is -2.12. The maximum Gasteiger partial charge on any atom is 0.263 e. The molecule has 0 saturated carbocycles. The SMILES string of the molecule is Cc1nc(NC(=O)c2c(F)cccc2F)sc1-c1ccsc1. The Kier molecular flexibility index (Phi) is 4.00. The summed E-state index contributed by atoms with van der Waals surface area (Å²) >= 11 is 2.83. The number of nitrogens with one attached hydrogen (secondary N) is 1. The number of aryl methyl sites for hydroxylation is 1. The van der Waals surface area contributed by atoms with Crippen LogP contribution in [0.3, 0.4) is 0 Å². The van der Waals surface area contributed by atoms with Crippen LogP contribution in [-0.2, 0) is 0 Å². The molecule has 1 N–H and O–H groups in total. The minimum absolute atomic E-state index is 0.311. The Labute approximate surface area is 133 Å². The molecule has 112 valence electrons. The van der Waals surface area contributed by atoms with Crippen LogP contribution in [0.15, 0.2) is 35.0 Å². The number of rotatable bonds is 3. The summed E-state index contributed by atoms with van der Waals surface area (Å²) in [5.74, 6) is -2.64. The fraction of sp³-hybridized carbons (Fsp3) is 0.0667. The molecule has 1 aromatic carbocycles. The minimum Gasteiger partial charge on any atom is -0.298 e. The summed E-state index contributed by atoms with van der Waals surface area (Å²) in [4.78, 5) is 17.2. The molecule has 22 heavy (non-hydrogen) atoms. The van der Waals surface area contributed by atoms with Gasteiger partial charge in [-0.1, -0.05) is 17.4 Å². The van der Waals surface area contributed by atoms with Crippen LogP contribution >= 0.6 is 22.7 Å². The summed E-state index contributed by atoms with van der Waals surface area (Å²) in [5, 5.41) is 6.69. The number of halogens is 2. The first-order valence-electron chi connectivity index (χ1n) is 6.31. The zero-order chi connectivity index (χ0) is 15.7. The lowest BCUT2D eigenvalue weighted by Gasteiger charge is -2.04. The predicted molar refractivity (Wildman–Crippen MR) is 84.5 cm³/mol. The van der Waals surface area contributed by atoms with Crippen molar-refractivity contribution in [3.63, 3.8) is 0 Å². The number of carbonyl (C=O) groups is 1. The van der Waals surface area contributed by atoms with Gasteiger partial charge in [-0.3, -0.25) is 10.1 Å². The summed E-state index contributed by atoms with van der Waals surface area (Å²) in [5.41, 5.74) is 1.16. The molecule has 7 heteroatoms. The number of amides is 1. The fourth-order valence-electron chi connectivity index (χ4n) is 1.99. The van der Waals surface area contributed by atoms with Crippen LogP contribution in [-0.4, -0.2) is 10.9 Å². The summed E-state index contributed by atoms with van der Waals surface area (Å²) in [7, 11) is 0. The number of benzene rings is 1. The van der Waals surface area contributed by atoms with Gasteiger partial charge < -0.3 is 0 Å². The topological polar surface area (TPSA) is 42.0 Å². The van der Waals surface area contributed by atoms with Crippen molar-refractivity contribution in [2.24, 2.45) is 0 Å². The molecular formula is C15H10F2N2OS2. The molecule has 0 bridgehead atoms. The molecule has 0 spiro atoms. The van der Waals surface area contributed by atoms with Crippen molar-refractivity contribution in [1.29, 1.82) is 0 Å². The second-order valence-corrected chi connectivity index (χ2v) is 6.28. The van der Waals surface area contributed by atoms with Crippen LogP contribution in [0.2, 0.25) is 0 Å². The summed E-state index contributed by atoms with van der Waals surface area (Å²) in [6, 6.07) is 5.25. The van der Waals surface area contributed by atoms with Gasteiger partial charge in [0.2, 0.25) is 0 Å². The van der Waals surface area contributed by atoms with E-state index in [1.807, 2.05) is 23.8 Å². The third-order valence-corrected chi connectivity index (χ3v) is 4.80. The van der Waals surface area contributed by atoms with E-state index >= 15 is 0 Å². The molecule has 0 saturated heterocycles. The third kappa shape index (κ3) is 2.77. The molecule has 2 heterocycles. The lowest BCUT2D eigenvalue weighted by atomic mass is 10.2. The molecule has 1 amide bonds. The third-order valence-electron chi connectivity index (χ3n) is 2.99. The van der Waals surface area contributed by atoms with E-state index in [2.05, 4.69) is 10.3 Å². The van der Waals surface area contributed by atoms with Crippen LogP contribution < -0.4 is 5.32 Å². The first kappa shape index (κ1) is 14.8. The number of hydrogen-bond acceptors (Lipinski definition) is 4. The van der Waals surface area contributed by atoms with E-state index in [1.165, 1.54) is 17.4 Å². The highest BCUT2D eigenvalue weighted by atomic mass is 32.1. The Morgan fingerprint density at radius 2 is 1.95 bits per heavy atom. The van der Waals surface area contributed by atoms with E-state index in [4.69, 9.17) is 0 Å². The zero-order valence-electron chi connectivity index (χ0n) is 11.4. The maximum absolute atomic E-state index is 13.6. The standard InChI is InChI=1S/C15H10F2N2OS2/c1-8-13(9-5-6-21-7-9)22-15(18-8)19-14(20)12-10(16)3-2-4-11(12)17/h2-7H,1H3,(H,18,19,20). The lowest BCUT2D eigenvalue weighted by Crippen LogP contribution is -2.15. The average Bonchev–Trinajstić information content (AvgIpc) is 3.08. The molecular weight excluding hydrogens is 326 g/mol. The quantitative estimate of drug-likeness (QED) is 0.752. The van der Waals surface area contributed by atoms with Gasteiger partial charge in [0.15, 0.2) is 5.13 Å². The summed E-state index contributed by atoms with van der Waals surface area (Å²) < 4.78 is 27.2. The Morgan fingerprint density at radius 1 is 1.23 bits per heavy atom. The molecule has 3 aromatic rings. The van der Waals surface area contributed by atoms with Crippen LogP contribution in [0, 0.1) is 18.6 Å². The smallest absolute Gasteiger partial charge is 0.263 e. The number of carbonyl (C=O) groups excluding carboxylic acids is 1. The summed E-state index contributed by atoms with van der Waals surface area (Å²) in [6.07, 6.45) is 0. The van der Waals surface area contributed by atoms with Crippen molar-refractivity contribution in [1.82, 2.24) is 4.98 Å². The van der Waals surface area contributed by atoms with Gasteiger partial charge in [-0.15, -0.1) is 0 Å². The van der Waals surface area contributed by atoms with E-state index in [-0.39, 0.29) is 0 Å². The molecule has 3 nitrogen and oxygen atoms in total. The van der Waals surface area contributed by atoms with Crippen molar-refractivity contribution in [2.45, 2.75) is 6.92 Å². The Morgan fingerprint density at radius 3 is 2.59 bits per heavy atom. The van der Waals surface area contributed by atoms with E-state index in [9.17, 15) is 13.6 Å².